The van der Waals surface area contributed by atoms with Crippen LogP contribution in [-0.4, -0.2) is 33.3 Å². The van der Waals surface area contributed by atoms with Gasteiger partial charge in [-0.15, -0.1) is 11.8 Å². The van der Waals surface area contributed by atoms with E-state index in [-0.39, 0.29) is 6.10 Å². The fraction of sp³-hybridized carbons (Fsp3) is 0.857. The van der Waals surface area contributed by atoms with Gasteiger partial charge < -0.3 is 10.2 Å². The van der Waals surface area contributed by atoms with Crippen LogP contribution in [-0.2, 0) is 4.79 Å². The smallest absolute Gasteiger partial charge is 0.316 e. The van der Waals surface area contributed by atoms with Crippen molar-refractivity contribution >= 4 is 17.7 Å². The Morgan fingerprint density at radius 1 is 1.64 bits per heavy atom. The molecule has 2 atom stereocenters. The third kappa shape index (κ3) is 5.09. The Labute approximate surface area is 70.8 Å². The van der Waals surface area contributed by atoms with Gasteiger partial charge in [0.1, 0.15) is 0 Å². The zero-order valence-corrected chi connectivity index (χ0v) is 7.60. The molecule has 0 amide bonds. The summed E-state index contributed by atoms with van der Waals surface area (Å²) in [5, 5.41) is 17.1. The molecule has 0 aromatic heterocycles. The molecule has 4 heteroatoms. The summed E-state index contributed by atoms with van der Waals surface area (Å²) >= 11 is 1.27. The molecule has 0 aromatic rings. The first-order chi connectivity index (χ1) is 5.07. The number of carboxylic acids is 1. The van der Waals surface area contributed by atoms with E-state index in [1.807, 2.05) is 6.92 Å². The largest absolute Gasteiger partial charge is 0.480 e. The third-order valence-corrected chi connectivity index (χ3v) is 2.64. The molecule has 0 rings (SSSR count). The molecule has 0 bridgehead atoms. The van der Waals surface area contributed by atoms with Crippen LogP contribution in [0.2, 0.25) is 0 Å². The summed E-state index contributed by atoms with van der Waals surface area (Å²) in [6.45, 7) is 3.49. The van der Waals surface area contributed by atoms with Crippen molar-refractivity contribution in [2.75, 3.05) is 5.75 Å². The second-order valence-corrected chi connectivity index (χ2v) is 3.75. The van der Waals surface area contributed by atoms with Gasteiger partial charge in [-0.05, 0) is 13.3 Å². The van der Waals surface area contributed by atoms with Crippen LogP contribution in [0, 0.1) is 0 Å². The van der Waals surface area contributed by atoms with Crippen molar-refractivity contribution in [1.82, 2.24) is 0 Å². The van der Waals surface area contributed by atoms with E-state index in [9.17, 15) is 4.79 Å². The van der Waals surface area contributed by atoms with E-state index in [1.165, 1.54) is 11.8 Å². The lowest BCUT2D eigenvalue weighted by atomic mass is 10.3. The zero-order chi connectivity index (χ0) is 8.85. The molecular weight excluding hydrogens is 164 g/mol. The first-order valence-corrected chi connectivity index (χ1v) is 4.65. The van der Waals surface area contributed by atoms with E-state index in [0.717, 1.165) is 0 Å². The van der Waals surface area contributed by atoms with Crippen molar-refractivity contribution in [2.45, 2.75) is 31.6 Å². The highest BCUT2D eigenvalue weighted by Gasteiger charge is 2.12. The van der Waals surface area contributed by atoms with Crippen molar-refractivity contribution in [3.63, 3.8) is 0 Å². The minimum atomic E-state index is -0.821. The second-order valence-electron chi connectivity index (χ2n) is 2.38. The van der Waals surface area contributed by atoms with Gasteiger partial charge in [-0.1, -0.05) is 6.92 Å². The highest BCUT2D eigenvalue weighted by molar-refractivity contribution is 8.00. The third-order valence-electron chi connectivity index (χ3n) is 1.36. The van der Waals surface area contributed by atoms with E-state index in [2.05, 4.69) is 0 Å². The van der Waals surface area contributed by atoms with Gasteiger partial charge in [-0.3, -0.25) is 4.79 Å². The Morgan fingerprint density at radius 3 is 2.55 bits per heavy atom. The lowest BCUT2D eigenvalue weighted by Crippen LogP contribution is -2.16. The number of rotatable bonds is 5. The maximum Gasteiger partial charge on any atom is 0.316 e. The number of thioether (sulfide) groups is 1. The molecule has 0 heterocycles. The minimum absolute atomic E-state index is 0.373. The van der Waals surface area contributed by atoms with E-state index in [0.29, 0.717) is 12.2 Å². The quantitative estimate of drug-likeness (QED) is 0.658. The molecule has 0 saturated heterocycles. The molecule has 0 fully saturated rings. The molecule has 0 aliphatic carbocycles. The van der Waals surface area contributed by atoms with Gasteiger partial charge in [-0.25, -0.2) is 0 Å². The Hall–Kier alpha value is -0.220. The summed E-state index contributed by atoms with van der Waals surface area (Å²) in [7, 11) is 0. The Kier molecular flexibility index (Phi) is 5.32. The molecule has 0 aliphatic heterocycles. The van der Waals surface area contributed by atoms with Gasteiger partial charge in [-0.2, -0.15) is 0 Å². The lowest BCUT2D eigenvalue weighted by molar-refractivity contribution is -0.136. The molecule has 2 N–H and O–H groups in total. The first-order valence-electron chi connectivity index (χ1n) is 3.60. The molecule has 0 saturated carbocycles. The molecule has 3 nitrogen and oxygen atoms in total. The van der Waals surface area contributed by atoms with Crippen LogP contribution in [0.3, 0.4) is 0 Å². The van der Waals surface area contributed by atoms with Crippen LogP contribution in [0.4, 0.5) is 0 Å². The predicted octanol–water partition coefficient (Wildman–Crippen LogP) is 0.964. The van der Waals surface area contributed by atoms with Crippen molar-refractivity contribution in [3.8, 4) is 0 Å². The molecule has 66 valence electrons. The van der Waals surface area contributed by atoms with Crippen LogP contribution in [0.15, 0.2) is 0 Å². The van der Waals surface area contributed by atoms with Gasteiger partial charge in [0.05, 0.1) is 11.4 Å². The average molecular weight is 178 g/mol. The summed E-state index contributed by atoms with van der Waals surface area (Å²) in [6, 6.07) is 0. The first kappa shape index (κ1) is 10.8. The van der Waals surface area contributed by atoms with E-state index >= 15 is 0 Å². The molecule has 0 spiro atoms. The molecule has 0 aliphatic rings. The summed E-state index contributed by atoms with van der Waals surface area (Å²) in [5.74, 6) is -0.317. The Bertz CT molecular complexity index is 127. The second kappa shape index (κ2) is 5.43. The Balaban J connectivity index is 3.45. The highest BCUT2D eigenvalue weighted by Crippen LogP contribution is 2.12. The van der Waals surface area contributed by atoms with Gasteiger partial charge in [0.15, 0.2) is 0 Å². The number of aliphatic hydroxyl groups excluding tert-OH is 1. The normalized spacial score (nSPS) is 15.9. The van der Waals surface area contributed by atoms with Crippen LogP contribution in [0.5, 0.6) is 0 Å². The number of aliphatic carboxylic acids is 1. The minimum Gasteiger partial charge on any atom is -0.480 e. The molecule has 2 unspecified atom stereocenters. The van der Waals surface area contributed by atoms with Crippen molar-refractivity contribution < 1.29 is 15.0 Å². The number of aliphatic hydroxyl groups is 1. The number of hydrogen-bond donors (Lipinski definition) is 2. The standard InChI is InChI=1S/C7H14O3S/c1-3-6(8)4-11-5(2)7(9)10/h5-6,8H,3-4H2,1-2H3,(H,9,10). The molecule has 0 aromatic carbocycles. The van der Waals surface area contributed by atoms with Crippen LogP contribution in [0.1, 0.15) is 20.3 Å². The maximum absolute atomic E-state index is 10.3. The summed E-state index contributed by atoms with van der Waals surface area (Å²) in [5.41, 5.74) is 0. The topological polar surface area (TPSA) is 57.5 Å². The number of hydrogen-bond acceptors (Lipinski definition) is 3. The van der Waals surface area contributed by atoms with E-state index in [1.54, 1.807) is 6.92 Å². The van der Waals surface area contributed by atoms with Crippen LogP contribution in [0.25, 0.3) is 0 Å². The summed E-state index contributed by atoms with van der Waals surface area (Å²) in [6.07, 6.45) is 0.307. The van der Waals surface area contributed by atoms with Crippen LogP contribution >= 0.6 is 11.8 Å². The fourth-order valence-corrected chi connectivity index (χ4v) is 1.33. The zero-order valence-electron chi connectivity index (χ0n) is 6.78. The average Bonchev–Trinajstić information content (AvgIpc) is 1.99. The monoisotopic (exact) mass is 178 g/mol. The predicted molar refractivity (Wildman–Crippen MR) is 45.9 cm³/mol. The van der Waals surface area contributed by atoms with E-state index in [4.69, 9.17) is 10.2 Å². The molecule has 0 radical (unpaired) electrons. The van der Waals surface area contributed by atoms with Gasteiger partial charge in [0, 0.05) is 5.75 Å². The van der Waals surface area contributed by atoms with Crippen molar-refractivity contribution in [3.05, 3.63) is 0 Å². The lowest BCUT2D eigenvalue weighted by Gasteiger charge is -2.09. The van der Waals surface area contributed by atoms with Crippen molar-refractivity contribution in [2.24, 2.45) is 0 Å². The Morgan fingerprint density at radius 2 is 2.18 bits per heavy atom. The molecular formula is C7H14O3S. The van der Waals surface area contributed by atoms with Crippen LogP contribution < -0.4 is 0 Å². The fourth-order valence-electron chi connectivity index (χ4n) is 0.445. The molecule has 11 heavy (non-hydrogen) atoms. The SMILES string of the molecule is CCC(O)CSC(C)C(=O)O. The number of carboxylic acid groups (broad SMARTS) is 1. The van der Waals surface area contributed by atoms with Gasteiger partial charge in [0.2, 0.25) is 0 Å². The summed E-state index contributed by atoms with van der Waals surface area (Å²) in [4.78, 5) is 10.3. The van der Waals surface area contributed by atoms with Gasteiger partial charge in [0.25, 0.3) is 0 Å². The highest BCUT2D eigenvalue weighted by atomic mass is 32.2. The maximum atomic E-state index is 10.3. The van der Waals surface area contributed by atoms with Crippen molar-refractivity contribution in [1.29, 1.82) is 0 Å². The summed E-state index contributed by atoms with van der Waals surface area (Å²) < 4.78 is 0. The van der Waals surface area contributed by atoms with Gasteiger partial charge >= 0.3 is 5.97 Å². The van der Waals surface area contributed by atoms with E-state index < -0.39 is 11.2 Å². The number of carbonyl (C=O) groups is 1.